The zero-order valence-electron chi connectivity index (χ0n) is 20.3. The minimum Gasteiger partial charge on any atom is -0.459 e. The number of esters is 1. The molecule has 0 fully saturated rings. The number of nitrogens with zero attached hydrogens (tertiary/aromatic N) is 2. The average Bonchev–Trinajstić information content (AvgIpc) is 3.07. The molecule has 0 saturated carbocycles. The number of hydrogen-bond acceptors (Lipinski definition) is 6. The van der Waals surface area contributed by atoms with Crippen molar-refractivity contribution in [2.45, 2.75) is 26.4 Å². The monoisotopic (exact) mass is 486 g/mol. The maximum Gasteiger partial charge on any atom is 0.326 e. The number of hydrogen-bond donors (Lipinski definition) is 0. The second-order valence-electron chi connectivity index (χ2n) is 9.19. The molecular formula is C28H26N2O6. The molecule has 1 heterocycles. The van der Waals surface area contributed by atoms with E-state index >= 15 is 0 Å². The van der Waals surface area contributed by atoms with E-state index in [1.54, 1.807) is 81.4 Å². The Bertz CT molecular complexity index is 1280. The van der Waals surface area contributed by atoms with Crippen molar-refractivity contribution in [3.05, 3.63) is 90.0 Å². The lowest BCUT2D eigenvalue weighted by atomic mass is 10.1. The number of rotatable bonds is 7. The summed E-state index contributed by atoms with van der Waals surface area (Å²) in [6.07, 6.45) is 0. The first-order valence-corrected chi connectivity index (χ1v) is 11.4. The van der Waals surface area contributed by atoms with Gasteiger partial charge in [0.2, 0.25) is 5.91 Å². The van der Waals surface area contributed by atoms with Gasteiger partial charge in [0.25, 0.3) is 11.8 Å². The normalized spacial score (nSPS) is 12.8. The third-order valence-electron chi connectivity index (χ3n) is 5.31. The van der Waals surface area contributed by atoms with Gasteiger partial charge in [-0.3, -0.25) is 29.0 Å². The quantitative estimate of drug-likeness (QED) is 0.362. The molecule has 0 saturated heterocycles. The maximum atomic E-state index is 13.6. The van der Waals surface area contributed by atoms with E-state index in [4.69, 9.17) is 9.47 Å². The summed E-state index contributed by atoms with van der Waals surface area (Å²) >= 11 is 0. The van der Waals surface area contributed by atoms with Crippen LogP contribution in [-0.2, 0) is 14.3 Å². The third kappa shape index (κ3) is 5.43. The molecule has 0 atom stereocenters. The van der Waals surface area contributed by atoms with Crippen LogP contribution >= 0.6 is 0 Å². The molecule has 3 amide bonds. The minimum atomic E-state index is -0.769. The van der Waals surface area contributed by atoms with Crippen molar-refractivity contribution >= 4 is 29.4 Å². The summed E-state index contributed by atoms with van der Waals surface area (Å²) in [5.41, 5.74) is 0.00594. The van der Waals surface area contributed by atoms with Crippen molar-refractivity contribution < 1.29 is 28.7 Å². The minimum absolute atomic E-state index is 0.238. The number of ether oxygens (including phenoxy) is 2. The molecule has 0 aromatic heterocycles. The van der Waals surface area contributed by atoms with Gasteiger partial charge in [0.05, 0.1) is 16.8 Å². The van der Waals surface area contributed by atoms with Gasteiger partial charge >= 0.3 is 5.97 Å². The number of imide groups is 1. The molecule has 3 aromatic rings. The van der Waals surface area contributed by atoms with Crippen LogP contribution in [0.5, 0.6) is 11.5 Å². The summed E-state index contributed by atoms with van der Waals surface area (Å²) in [6, 6.07) is 22.1. The Kier molecular flexibility index (Phi) is 6.87. The number of anilines is 1. The Balaban J connectivity index is 1.65. The van der Waals surface area contributed by atoms with E-state index in [0.717, 1.165) is 4.90 Å². The smallest absolute Gasteiger partial charge is 0.326 e. The van der Waals surface area contributed by atoms with Crippen LogP contribution in [0.2, 0.25) is 0 Å². The van der Waals surface area contributed by atoms with E-state index in [1.165, 1.54) is 4.90 Å². The number of carbonyl (C=O) groups excluding carboxylic acids is 4. The number of para-hydroxylation sites is 3. The number of amides is 3. The van der Waals surface area contributed by atoms with E-state index < -0.39 is 42.4 Å². The maximum absolute atomic E-state index is 13.6. The lowest BCUT2D eigenvalue weighted by Crippen LogP contribution is -2.45. The Hall–Kier alpha value is -4.46. The zero-order valence-corrected chi connectivity index (χ0v) is 20.3. The predicted octanol–water partition coefficient (Wildman–Crippen LogP) is 4.45. The fourth-order valence-corrected chi connectivity index (χ4v) is 3.80. The predicted molar refractivity (Wildman–Crippen MR) is 133 cm³/mol. The van der Waals surface area contributed by atoms with Crippen molar-refractivity contribution in [1.29, 1.82) is 0 Å². The molecule has 36 heavy (non-hydrogen) atoms. The van der Waals surface area contributed by atoms with Crippen molar-refractivity contribution in [3.63, 3.8) is 0 Å². The highest BCUT2D eigenvalue weighted by molar-refractivity contribution is 6.23. The second kappa shape index (κ2) is 10.0. The van der Waals surface area contributed by atoms with Gasteiger partial charge in [-0.2, -0.15) is 0 Å². The van der Waals surface area contributed by atoms with Crippen LogP contribution in [0.15, 0.2) is 78.9 Å². The third-order valence-corrected chi connectivity index (χ3v) is 5.31. The van der Waals surface area contributed by atoms with Crippen LogP contribution in [0.3, 0.4) is 0 Å². The molecule has 4 rings (SSSR count). The van der Waals surface area contributed by atoms with E-state index in [0.29, 0.717) is 17.2 Å². The number of fused-ring (bicyclic) bond motifs is 1. The van der Waals surface area contributed by atoms with Gasteiger partial charge < -0.3 is 9.47 Å². The topological polar surface area (TPSA) is 93.2 Å². The molecule has 3 aromatic carbocycles. The highest BCUT2D eigenvalue weighted by Crippen LogP contribution is 2.33. The molecule has 0 spiro atoms. The Morgan fingerprint density at radius 1 is 0.806 bits per heavy atom. The van der Waals surface area contributed by atoms with Crippen LogP contribution in [0, 0.1) is 0 Å². The summed E-state index contributed by atoms with van der Waals surface area (Å²) < 4.78 is 11.4. The first-order valence-electron chi connectivity index (χ1n) is 11.4. The number of benzene rings is 3. The molecule has 0 bridgehead atoms. The second-order valence-corrected chi connectivity index (χ2v) is 9.19. The Morgan fingerprint density at radius 3 is 1.97 bits per heavy atom. The Morgan fingerprint density at radius 2 is 1.36 bits per heavy atom. The molecule has 184 valence electrons. The molecule has 0 radical (unpaired) electrons. The van der Waals surface area contributed by atoms with Gasteiger partial charge in [-0.05, 0) is 57.2 Å². The summed E-state index contributed by atoms with van der Waals surface area (Å²) in [4.78, 5) is 54.1. The van der Waals surface area contributed by atoms with Gasteiger partial charge in [-0.15, -0.1) is 0 Å². The molecule has 0 aliphatic carbocycles. The fraction of sp³-hybridized carbons (Fsp3) is 0.214. The van der Waals surface area contributed by atoms with Gasteiger partial charge in [0.15, 0.2) is 5.75 Å². The first kappa shape index (κ1) is 24.7. The highest BCUT2D eigenvalue weighted by atomic mass is 16.6. The van der Waals surface area contributed by atoms with Crippen LogP contribution in [-0.4, -0.2) is 47.3 Å². The van der Waals surface area contributed by atoms with Crippen LogP contribution in [0.25, 0.3) is 0 Å². The average molecular weight is 487 g/mol. The van der Waals surface area contributed by atoms with Gasteiger partial charge in [-0.25, -0.2) is 0 Å². The molecular weight excluding hydrogens is 460 g/mol. The molecule has 1 aliphatic rings. The van der Waals surface area contributed by atoms with E-state index in [9.17, 15) is 19.2 Å². The molecule has 0 N–H and O–H groups in total. The molecule has 8 nitrogen and oxygen atoms in total. The molecule has 8 heteroatoms. The number of carbonyl (C=O) groups is 4. The summed E-state index contributed by atoms with van der Waals surface area (Å²) in [5, 5.41) is 0. The molecule has 1 aliphatic heterocycles. The van der Waals surface area contributed by atoms with Crippen molar-refractivity contribution in [3.8, 4) is 11.5 Å². The summed E-state index contributed by atoms with van der Waals surface area (Å²) in [5.74, 6) is -1.55. The highest BCUT2D eigenvalue weighted by Gasteiger charge is 2.38. The van der Waals surface area contributed by atoms with E-state index in [1.807, 2.05) is 18.2 Å². The zero-order chi connectivity index (χ0) is 25.9. The lowest BCUT2D eigenvalue weighted by Gasteiger charge is -2.27. The summed E-state index contributed by atoms with van der Waals surface area (Å²) in [6.45, 7) is 4.19. The lowest BCUT2D eigenvalue weighted by molar-refractivity contribution is -0.153. The first-order chi connectivity index (χ1) is 17.1. The van der Waals surface area contributed by atoms with E-state index in [-0.39, 0.29) is 11.1 Å². The fourth-order valence-electron chi connectivity index (χ4n) is 3.80. The van der Waals surface area contributed by atoms with Crippen molar-refractivity contribution in [2.24, 2.45) is 0 Å². The van der Waals surface area contributed by atoms with E-state index in [2.05, 4.69) is 0 Å². The van der Waals surface area contributed by atoms with Crippen molar-refractivity contribution in [1.82, 2.24) is 4.90 Å². The SMILES string of the molecule is CC(C)(C)OC(=O)CN(C(=O)CN1C(=O)c2ccccc2C1=O)c1ccccc1Oc1ccccc1. The van der Waals surface area contributed by atoms with Crippen LogP contribution in [0.4, 0.5) is 5.69 Å². The summed E-state index contributed by atoms with van der Waals surface area (Å²) in [7, 11) is 0. The van der Waals surface area contributed by atoms with Gasteiger partial charge in [0, 0.05) is 0 Å². The van der Waals surface area contributed by atoms with Crippen LogP contribution < -0.4 is 9.64 Å². The molecule has 0 unspecified atom stereocenters. The van der Waals surface area contributed by atoms with Crippen molar-refractivity contribution in [2.75, 3.05) is 18.0 Å². The van der Waals surface area contributed by atoms with Gasteiger partial charge in [-0.1, -0.05) is 42.5 Å². The van der Waals surface area contributed by atoms with Crippen LogP contribution in [0.1, 0.15) is 41.5 Å². The van der Waals surface area contributed by atoms with Gasteiger partial charge in [0.1, 0.15) is 24.4 Å². The largest absolute Gasteiger partial charge is 0.459 e. The standard InChI is InChI=1S/C28H26N2O6/c1-28(2,3)36-25(32)18-29(22-15-9-10-16-23(22)35-19-11-5-4-6-12-19)24(31)17-30-26(33)20-13-7-8-14-21(20)27(30)34/h4-16H,17-18H2,1-3H3. The Labute approximate surface area is 209 Å².